The van der Waals surface area contributed by atoms with Crippen LogP contribution in [-0.4, -0.2) is 31.4 Å². The molecule has 0 atom stereocenters. The molecule has 0 unspecified atom stereocenters. The van der Waals surface area contributed by atoms with Gasteiger partial charge in [0.2, 0.25) is 0 Å². The first-order chi connectivity index (χ1) is 12.5. The molecular formula is C19H21N3O4. The highest BCUT2D eigenvalue weighted by molar-refractivity contribution is 5.95. The average molecular weight is 355 g/mol. The number of amidine groups is 1. The molecule has 0 saturated carbocycles. The predicted octanol–water partition coefficient (Wildman–Crippen LogP) is 2.09. The van der Waals surface area contributed by atoms with E-state index in [2.05, 4.69) is 10.1 Å². The summed E-state index contributed by atoms with van der Waals surface area (Å²) in [4.78, 5) is 23.1. The Labute approximate surface area is 151 Å². The fraction of sp³-hybridized carbons (Fsp3) is 0.211. The van der Waals surface area contributed by atoms with Gasteiger partial charge in [-0.25, -0.2) is 0 Å². The molecule has 2 rings (SSSR count). The molecule has 0 bridgehead atoms. The smallest absolute Gasteiger partial charge is 0.305 e. The average Bonchev–Trinajstić information content (AvgIpc) is 2.65. The van der Waals surface area contributed by atoms with Crippen molar-refractivity contribution in [2.45, 2.75) is 12.8 Å². The van der Waals surface area contributed by atoms with Gasteiger partial charge in [0.25, 0.3) is 5.91 Å². The standard InChI is InChI=1S/C19H21N3O4/c1-25-18(24)11-4-13-2-7-15(8-3-13)22-17(23)12-26-16-9-5-14(6-10-16)19(20)21/h2-3,5-10H,4,11-12H2,1H3,(H3,20,21)(H,22,23). The zero-order valence-electron chi connectivity index (χ0n) is 14.5. The summed E-state index contributed by atoms with van der Waals surface area (Å²) >= 11 is 0. The molecule has 0 saturated heterocycles. The van der Waals surface area contributed by atoms with Gasteiger partial charge in [0.1, 0.15) is 11.6 Å². The molecule has 0 heterocycles. The maximum Gasteiger partial charge on any atom is 0.305 e. The second kappa shape index (κ2) is 9.22. The second-order valence-corrected chi connectivity index (χ2v) is 5.55. The molecule has 4 N–H and O–H groups in total. The number of hydrogen-bond acceptors (Lipinski definition) is 5. The van der Waals surface area contributed by atoms with Gasteiger partial charge in [-0.15, -0.1) is 0 Å². The zero-order valence-corrected chi connectivity index (χ0v) is 14.5. The summed E-state index contributed by atoms with van der Waals surface area (Å²) < 4.78 is 10.0. The third-order valence-corrected chi connectivity index (χ3v) is 3.62. The Hall–Kier alpha value is -3.35. The Morgan fingerprint density at radius 2 is 1.73 bits per heavy atom. The first-order valence-corrected chi connectivity index (χ1v) is 8.01. The fourth-order valence-corrected chi connectivity index (χ4v) is 2.18. The monoisotopic (exact) mass is 355 g/mol. The number of carbonyl (C=O) groups is 2. The first kappa shape index (κ1) is 19.0. The number of aryl methyl sites for hydroxylation is 1. The number of methoxy groups -OCH3 is 1. The predicted molar refractivity (Wildman–Crippen MR) is 98.4 cm³/mol. The van der Waals surface area contributed by atoms with Gasteiger partial charge >= 0.3 is 5.97 Å². The number of esters is 1. The molecule has 0 aliphatic rings. The second-order valence-electron chi connectivity index (χ2n) is 5.55. The molecule has 0 aliphatic carbocycles. The topological polar surface area (TPSA) is 114 Å². The van der Waals surface area contributed by atoms with Crippen molar-refractivity contribution in [3.63, 3.8) is 0 Å². The number of ether oxygens (including phenoxy) is 2. The van der Waals surface area contributed by atoms with E-state index in [9.17, 15) is 9.59 Å². The van der Waals surface area contributed by atoms with Crippen molar-refractivity contribution in [1.82, 2.24) is 0 Å². The zero-order chi connectivity index (χ0) is 18.9. The highest BCUT2D eigenvalue weighted by Crippen LogP contribution is 2.13. The SMILES string of the molecule is COC(=O)CCc1ccc(NC(=O)COc2ccc(C(=N)N)cc2)cc1. The van der Waals surface area contributed by atoms with E-state index in [1.807, 2.05) is 12.1 Å². The van der Waals surface area contributed by atoms with E-state index in [4.69, 9.17) is 15.9 Å². The minimum Gasteiger partial charge on any atom is -0.484 e. The minimum atomic E-state index is -0.289. The van der Waals surface area contributed by atoms with Crippen LogP contribution >= 0.6 is 0 Å². The largest absolute Gasteiger partial charge is 0.484 e. The maximum atomic E-state index is 11.9. The van der Waals surface area contributed by atoms with E-state index in [0.29, 0.717) is 29.8 Å². The summed E-state index contributed by atoms with van der Waals surface area (Å²) in [6.45, 7) is -0.135. The Balaban J connectivity index is 1.80. The summed E-state index contributed by atoms with van der Waals surface area (Å²) in [5.41, 5.74) is 7.60. The van der Waals surface area contributed by atoms with Crippen LogP contribution in [0.5, 0.6) is 5.75 Å². The number of rotatable bonds is 8. The number of hydrogen-bond donors (Lipinski definition) is 3. The molecule has 2 aromatic carbocycles. The number of nitrogens with two attached hydrogens (primary N) is 1. The molecule has 2 aromatic rings. The van der Waals surface area contributed by atoms with Gasteiger partial charge in [0.15, 0.2) is 6.61 Å². The molecule has 7 heteroatoms. The summed E-state index contributed by atoms with van der Waals surface area (Å²) in [7, 11) is 1.36. The maximum absolute atomic E-state index is 11.9. The molecule has 0 radical (unpaired) electrons. The van der Waals surface area contributed by atoms with E-state index in [1.165, 1.54) is 7.11 Å². The van der Waals surface area contributed by atoms with Gasteiger partial charge < -0.3 is 20.5 Å². The molecule has 7 nitrogen and oxygen atoms in total. The Morgan fingerprint density at radius 3 is 2.31 bits per heavy atom. The number of amides is 1. The van der Waals surface area contributed by atoms with E-state index in [1.54, 1.807) is 36.4 Å². The molecule has 0 spiro atoms. The van der Waals surface area contributed by atoms with E-state index < -0.39 is 0 Å². The first-order valence-electron chi connectivity index (χ1n) is 8.01. The van der Waals surface area contributed by atoms with Crippen LogP contribution in [0, 0.1) is 5.41 Å². The highest BCUT2D eigenvalue weighted by Gasteiger charge is 2.06. The lowest BCUT2D eigenvalue weighted by molar-refractivity contribution is -0.140. The van der Waals surface area contributed by atoms with Crippen molar-refractivity contribution in [3.8, 4) is 5.75 Å². The van der Waals surface area contributed by atoms with E-state index >= 15 is 0 Å². The van der Waals surface area contributed by atoms with Crippen LogP contribution in [0.1, 0.15) is 17.5 Å². The van der Waals surface area contributed by atoms with Crippen molar-refractivity contribution in [1.29, 1.82) is 5.41 Å². The lowest BCUT2D eigenvalue weighted by Crippen LogP contribution is -2.20. The quantitative estimate of drug-likeness (QED) is 0.381. The van der Waals surface area contributed by atoms with E-state index in [0.717, 1.165) is 5.56 Å². The number of carbonyl (C=O) groups excluding carboxylic acids is 2. The van der Waals surface area contributed by atoms with Gasteiger partial charge in [-0.05, 0) is 48.4 Å². The van der Waals surface area contributed by atoms with Crippen molar-refractivity contribution in [2.24, 2.45) is 5.73 Å². The normalized spacial score (nSPS) is 10.0. The lowest BCUT2D eigenvalue weighted by atomic mass is 10.1. The van der Waals surface area contributed by atoms with Crippen LogP contribution in [0.25, 0.3) is 0 Å². The molecule has 0 aliphatic heterocycles. The Kier molecular flexibility index (Phi) is 6.73. The van der Waals surface area contributed by atoms with Crippen LogP contribution in [0.4, 0.5) is 5.69 Å². The van der Waals surface area contributed by atoms with Crippen LogP contribution in [-0.2, 0) is 20.7 Å². The Bertz CT molecular complexity index is 770. The number of benzene rings is 2. The molecule has 0 fully saturated rings. The van der Waals surface area contributed by atoms with Gasteiger partial charge in [-0.2, -0.15) is 0 Å². The molecule has 0 aromatic heterocycles. The molecule has 1 amide bonds. The number of nitrogens with one attached hydrogen (secondary N) is 2. The van der Waals surface area contributed by atoms with Crippen molar-refractivity contribution < 1.29 is 19.1 Å². The van der Waals surface area contributed by atoms with Crippen LogP contribution in [0.2, 0.25) is 0 Å². The Morgan fingerprint density at radius 1 is 1.08 bits per heavy atom. The van der Waals surface area contributed by atoms with Gasteiger partial charge in [0.05, 0.1) is 7.11 Å². The molecule has 136 valence electrons. The number of nitrogen functional groups attached to an aromatic ring is 1. The summed E-state index contributed by atoms with van der Waals surface area (Å²) in [5.74, 6) is -0.0496. The fourth-order valence-electron chi connectivity index (χ4n) is 2.18. The summed E-state index contributed by atoms with van der Waals surface area (Å²) in [6, 6.07) is 13.9. The van der Waals surface area contributed by atoms with Crippen LogP contribution in [0.15, 0.2) is 48.5 Å². The number of anilines is 1. The summed E-state index contributed by atoms with van der Waals surface area (Å²) in [6.07, 6.45) is 0.902. The van der Waals surface area contributed by atoms with Crippen molar-refractivity contribution in [2.75, 3.05) is 19.0 Å². The van der Waals surface area contributed by atoms with Gasteiger partial charge in [-0.1, -0.05) is 12.1 Å². The molecular weight excluding hydrogens is 334 g/mol. The third-order valence-electron chi connectivity index (χ3n) is 3.62. The van der Waals surface area contributed by atoms with Gasteiger partial charge in [-0.3, -0.25) is 15.0 Å². The van der Waals surface area contributed by atoms with Crippen LogP contribution < -0.4 is 15.8 Å². The van der Waals surface area contributed by atoms with Gasteiger partial charge in [0, 0.05) is 17.7 Å². The van der Waals surface area contributed by atoms with Crippen molar-refractivity contribution >= 4 is 23.4 Å². The van der Waals surface area contributed by atoms with E-state index in [-0.39, 0.29) is 24.3 Å². The third kappa shape index (κ3) is 5.94. The minimum absolute atomic E-state index is 0.0238. The van der Waals surface area contributed by atoms with Crippen molar-refractivity contribution in [3.05, 3.63) is 59.7 Å². The van der Waals surface area contributed by atoms with Crippen LogP contribution in [0.3, 0.4) is 0 Å². The lowest BCUT2D eigenvalue weighted by Gasteiger charge is -2.09. The molecule has 26 heavy (non-hydrogen) atoms. The highest BCUT2D eigenvalue weighted by atomic mass is 16.5. The summed E-state index contributed by atoms with van der Waals surface area (Å²) in [5, 5.41) is 10.1.